The number of nitro benzene ring substituents is 1. The molecule has 3 heterocycles. The summed E-state index contributed by atoms with van der Waals surface area (Å²) in [5, 5.41) is 14.5. The highest BCUT2D eigenvalue weighted by Crippen LogP contribution is 2.41. The predicted octanol–water partition coefficient (Wildman–Crippen LogP) is 5.60. The second-order valence-corrected chi connectivity index (χ2v) is 8.84. The van der Waals surface area contributed by atoms with Crippen LogP contribution in [-0.4, -0.2) is 31.2 Å². The third-order valence-electron chi connectivity index (χ3n) is 6.37. The van der Waals surface area contributed by atoms with Gasteiger partial charge in [-0.3, -0.25) is 20.3 Å². The van der Waals surface area contributed by atoms with Crippen LogP contribution in [0.4, 0.5) is 11.5 Å². The highest BCUT2D eigenvalue weighted by atomic mass is 35.5. The van der Waals surface area contributed by atoms with Crippen molar-refractivity contribution in [1.29, 1.82) is 0 Å². The van der Waals surface area contributed by atoms with E-state index in [1.165, 1.54) is 17.1 Å². The number of H-pyrrole nitrogens is 1. The van der Waals surface area contributed by atoms with Gasteiger partial charge in [-0.15, -0.1) is 11.6 Å². The molecule has 2 aromatic heterocycles. The normalized spacial score (nSPS) is 17.9. The first-order chi connectivity index (χ1) is 16.4. The van der Waals surface area contributed by atoms with E-state index < -0.39 is 16.3 Å². The molecule has 1 fully saturated rings. The van der Waals surface area contributed by atoms with E-state index in [1.807, 2.05) is 49.4 Å². The van der Waals surface area contributed by atoms with Gasteiger partial charge in [-0.25, -0.2) is 9.99 Å². The Kier molecular flexibility index (Phi) is 4.46. The second-order valence-electron chi connectivity index (χ2n) is 8.37. The van der Waals surface area contributed by atoms with Gasteiger partial charge >= 0.3 is 0 Å². The molecule has 8 nitrogen and oxygen atoms in total. The molecule has 9 heteroatoms. The fraction of sp³-hybridized carbons (Fsp3) is 0.120. The number of anilines is 1. The number of β-lactam (4-membered cyclic amide) rings is 1. The van der Waals surface area contributed by atoms with Crippen molar-refractivity contribution in [3.05, 3.63) is 88.0 Å². The Bertz CT molecular complexity index is 1630. The van der Waals surface area contributed by atoms with E-state index in [4.69, 9.17) is 16.6 Å². The highest BCUT2D eigenvalue weighted by Gasteiger charge is 2.48. The average molecular weight is 472 g/mol. The van der Waals surface area contributed by atoms with Crippen LogP contribution in [0.1, 0.15) is 17.2 Å². The summed E-state index contributed by atoms with van der Waals surface area (Å²) in [6.45, 7) is 2.00. The molecule has 0 spiro atoms. The molecule has 0 saturated carbocycles. The van der Waals surface area contributed by atoms with Gasteiger partial charge in [0.15, 0.2) is 5.82 Å². The predicted molar refractivity (Wildman–Crippen MR) is 132 cm³/mol. The molecule has 5 aromatic rings. The topological polar surface area (TPSA) is 104 Å². The fourth-order valence-electron chi connectivity index (χ4n) is 4.65. The SMILES string of the molecule is Cc1cccc2c1nc(NN1C(=O)C(Cl)C1c1ccc([N+](=O)[O-])cc1)c1c3ccccc3[nH]c21. The van der Waals surface area contributed by atoms with Crippen molar-refractivity contribution in [3.8, 4) is 0 Å². The number of hydrazine groups is 1. The van der Waals surface area contributed by atoms with Gasteiger partial charge in [0.2, 0.25) is 0 Å². The third kappa shape index (κ3) is 2.92. The van der Waals surface area contributed by atoms with E-state index in [0.717, 1.165) is 38.3 Å². The lowest BCUT2D eigenvalue weighted by atomic mass is 9.95. The summed E-state index contributed by atoms with van der Waals surface area (Å²) in [6, 6.07) is 19.5. The quantitative estimate of drug-likeness (QED) is 0.153. The molecule has 0 aliphatic carbocycles. The van der Waals surface area contributed by atoms with Gasteiger partial charge in [-0.2, -0.15) is 0 Å². The number of carbonyl (C=O) groups excluding carboxylic acids is 1. The number of aryl methyl sites for hydroxylation is 1. The monoisotopic (exact) mass is 471 g/mol. The van der Waals surface area contributed by atoms with Crippen molar-refractivity contribution < 1.29 is 9.72 Å². The Morgan fingerprint density at radius 2 is 1.79 bits per heavy atom. The van der Waals surface area contributed by atoms with Gasteiger partial charge in [-0.1, -0.05) is 36.4 Å². The summed E-state index contributed by atoms with van der Waals surface area (Å²) >= 11 is 6.38. The number of fused-ring (bicyclic) bond motifs is 5. The molecule has 1 amide bonds. The molecule has 3 aromatic carbocycles. The largest absolute Gasteiger partial charge is 0.354 e. The molecular formula is C25H18ClN5O3. The smallest absolute Gasteiger partial charge is 0.269 e. The van der Waals surface area contributed by atoms with Crippen LogP contribution in [0.2, 0.25) is 0 Å². The summed E-state index contributed by atoms with van der Waals surface area (Å²) in [5.41, 5.74) is 7.63. The van der Waals surface area contributed by atoms with Gasteiger partial charge < -0.3 is 4.98 Å². The van der Waals surface area contributed by atoms with E-state index in [-0.39, 0.29) is 11.6 Å². The standard InChI is InChI=1S/C25H18ClN5O3/c1-13-5-4-7-17-21(13)28-24(19-16-6-2-3-8-18(16)27-22(17)19)29-30-23(20(26)25(30)32)14-9-11-15(12-10-14)31(33)34/h2-12,20,23,27H,1H3,(H,28,29). The third-order valence-corrected chi connectivity index (χ3v) is 6.80. The Morgan fingerprint density at radius 1 is 1.06 bits per heavy atom. The van der Waals surface area contributed by atoms with E-state index in [0.29, 0.717) is 11.4 Å². The number of nitrogens with zero attached hydrogens (tertiary/aromatic N) is 3. The molecule has 2 unspecified atom stereocenters. The minimum absolute atomic E-state index is 0.0211. The van der Waals surface area contributed by atoms with Crippen LogP contribution >= 0.6 is 11.6 Å². The lowest BCUT2D eigenvalue weighted by molar-refractivity contribution is -0.384. The number of carbonyl (C=O) groups is 1. The zero-order valence-electron chi connectivity index (χ0n) is 17.9. The van der Waals surface area contributed by atoms with Crippen LogP contribution in [0.3, 0.4) is 0 Å². The number of benzene rings is 3. The van der Waals surface area contributed by atoms with Gasteiger partial charge in [0.05, 0.1) is 21.3 Å². The molecule has 1 aliphatic rings. The van der Waals surface area contributed by atoms with Crippen molar-refractivity contribution in [2.75, 3.05) is 5.43 Å². The minimum atomic E-state index is -0.783. The molecule has 6 rings (SSSR count). The van der Waals surface area contributed by atoms with E-state index >= 15 is 0 Å². The summed E-state index contributed by atoms with van der Waals surface area (Å²) in [6.07, 6.45) is 0. The number of alkyl halides is 1. The maximum atomic E-state index is 12.8. The summed E-state index contributed by atoms with van der Waals surface area (Å²) in [4.78, 5) is 31.8. The van der Waals surface area contributed by atoms with Crippen LogP contribution in [0.5, 0.6) is 0 Å². The molecular weight excluding hydrogens is 454 g/mol. The van der Waals surface area contributed by atoms with Gasteiger partial charge in [0.25, 0.3) is 11.6 Å². The van der Waals surface area contributed by atoms with E-state index in [9.17, 15) is 14.9 Å². The molecule has 0 bridgehead atoms. The number of rotatable bonds is 4. The molecule has 34 heavy (non-hydrogen) atoms. The lowest BCUT2D eigenvalue weighted by Gasteiger charge is -2.44. The van der Waals surface area contributed by atoms with Crippen LogP contribution < -0.4 is 5.43 Å². The summed E-state index contributed by atoms with van der Waals surface area (Å²) in [7, 11) is 0. The molecule has 0 radical (unpaired) electrons. The van der Waals surface area contributed by atoms with Crippen LogP contribution in [-0.2, 0) is 4.79 Å². The Morgan fingerprint density at radius 3 is 2.56 bits per heavy atom. The van der Waals surface area contributed by atoms with Crippen LogP contribution in [0.25, 0.3) is 32.7 Å². The Hall–Kier alpha value is -4.17. The van der Waals surface area contributed by atoms with Crippen molar-refractivity contribution in [2.45, 2.75) is 18.3 Å². The summed E-state index contributed by atoms with van der Waals surface area (Å²) in [5.74, 6) is 0.253. The number of non-ortho nitro benzene ring substituents is 1. The Balaban J connectivity index is 1.49. The number of amides is 1. The van der Waals surface area contributed by atoms with E-state index in [2.05, 4.69) is 10.4 Å². The number of para-hydroxylation sites is 2. The van der Waals surface area contributed by atoms with Crippen molar-refractivity contribution in [1.82, 2.24) is 15.0 Å². The first kappa shape index (κ1) is 20.4. The highest BCUT2D eigenvalue weighted by molar-refractivity contribution is 6.34. The maximum absolute atomic E-state index is 12.8. The molecule has 1 aliphatic heterocycles. The van der Waals surface area contributed by atoms with Gasteiger partial charge in [-0.05, 0) is 36.2 Å². The number of aromatic amines is 1. The first-order valence-corrected chi connectivity index (χ1v) is 11.2. The van der Waals surface area contributed by atoms with Gasteiger partial charge in [0, 0.05) is 28.4 Å². The number of aromatic nitrogens is 2. The molecule has 2 atom stereocenters. The number of pyridine rings is 1. The number of halogens is 1. The number of hydrogen-bond acceptors (Lipinski definition) is 5. The fourth-order valence-corrected chi connectivity index (χ4v) is 5.01. The average Bonchev–Trinajstić information content (AvgIpc) is 3.24. The zero-order chi connectivity index (χ0) is 23.6. The number of nitrogens with one attached hydrogen (secondary N) is 2. The van der Waals surface area contributed by atoms with Crippen molar-refractivity contribution in [3.63, 3.8) is 0 Å². The van der Waals surface area contributed by atoms with E-state index in [1.54, 1.807) is 12.1 Å². The Labute approximate surface area is 198 Å². The van der Waals surface area contributed by atoms with Crippen molar-refractivity contribution in [2.24, 2.45) is 0 Å². The van der Waals surface area contributed by atoms with Crippen LogP contribution in [0, 0.1) is 17.0 Å². The number of nitro groups is 1. The second kappa shape index (κ2) is 7.43. The van der Waals surface area contributed by atoms with Crippen molar-refractivity contribution >= 4 is 61.7 Å². The van der Waals surface area contributed by atoms with Crippen LogP contribution in [0.15, 0.2) is 66.7 Å². The summed E-state index contributed by atoms with van der Waals surface area (Å²) < 4.78 is 0. The van der Waals surface area contributed by atoms with Gasteiger partial charge in [0.1, 0.15) is 11.4 Å². The minimum Gasteiger partial charge on any atom is -0.354 e. The molecule has 1 saturated heterocycles. The maximum Gasteiger partial charge on any atom is 0.269 e. The zero-order valence-corrected chi connectivity index (χ0v) is 18.7. The lowest BCUT2D eigenvalue weighted by Crippen LogP contribution is -2.58. The number of hydrogen-bond donors (Lipinski definition) is 2. The molecule has 168 valence electrons. The first-order valence-electron chi connectivity index (χ1n) is 10.7. The molecule has 2 N–H and O–H groups in total.